The third kappa shape index (κ3) is 3.11. The van der Waals surface area contributed by atoms with E-state index in [0.717, 1.165) is 0 Å². The summed E-state index contributed by atoms with van der Waals surface area (Å²) < 4.78 is 1.90. The van der Waals surface area contributed by atoms with Gasteiger partial charge in [-0.15, -0.1) is 0 Å². The first-order valence-corrected chi connectivity index (χ1v) is 11.9. The summed E-state index contributed by atoms with van der Waals surface area (Å²) in [6.45, 7) is 30.1. The van der Waals surface area contributed by atoms with Crippen LogP contribution in [0.15, 0.2) is 0 Å². The smallest absolute Gasteiger partial charge is 2.00 e. The summed E-state index contributed by atoms with van der Waals surface area (Å²) in [5.74, 6) is 0. The predicted octanol–water partition coefficient (Wildman–Crippen LogP) is 6.90. The molecule has 0 aromatic carbocycles. The third-order valence-electron chi connectivity index (χ3n) is 4.50. The van der Waals surface area contributed by atoms with Gasteiger partial charge >= 0.3 is 116 Å². The Morgan fingerprint density at radius 2 is 0.500 bits per heavy atom. The minimum atomic E-state index is -2.55. The van der Waals surface area contributed by atoms with E-state index in [1.807, 2.05) is 0 Å². The van der Waals surface area contributed by atoms with Crippen LogP contribution in [-0.4, -0.2) is 0 Å². The van der Waals surface area contributed by atoms with E-state index in [1.165, 1.54) is 0 Å². The molecule has 0 fully saturated rings. The van der Waals surface area contributed by atoms with E-state index >= 15 is 0 Å². The molecule has 0 saturated carbocycles. The molecule has 0 saturated heterocycles. The predicted molar refractivity (Wildman–Crippen MR) is 79.5 cm³/mol. The Kier molecular flexibility index (Phi) is 6.25. The van der Waals surface area contributed by atoms with Gasteiger partial charge in [-0.1, -0.05) is 0 Å². The van der Waals surface area contributed by atoms with Gasteiger partial charge in [0.2, 0.25) is 0 Å². The topological polar surface area (TPSA) is 28.5 Å². The van der Waals surface area contributed by atoms with Crippen LogP contribution in [0.2, 0.25) is 12.5 Å². The zero-order chi connectivity index (χ0) is 14.5. The van der Waals surface area contributed by atoms with Crippen LogP contribution in [0, 0.1) is 0 Å². The minimum absolute atomic E-state index is 0. The van der Waals surface area contributed by atoms with Crippen LogP contribution in [0.3, 0.4) is 0 Å². The second kappa shape index (κ2) is 5.32. The molecular formula is C16H36OZr-2. The maximum atomic E-state index is 2.50. The fourth-order valence-corrected chi connectivity index (χ4v) is 39.9. The van der Waals surface area contributed by atoms with E-state index in [0.29, 0.717) is 12.5 Å². The maximum Gasteiger partial charge on any atom is -2.00 e. The molecule has 18 heavy (non-hydrogen) atoms. The molecule has 0 unspecified atom stereocenters. The third-order valence-corrected chi connectivity index (χ3v) is 26.6. The van der Waals surface area contributed by atoms with Gasteiger partial charge in [-0.3, -0.25) is 0 Å². The largest absolute Gasteiger partial charge is 2.00 e. The van der Waals surface area contributed by atoms with Gasteiger partial charge in [0.15, 0.2) is 0 Å². The van der Waals surface area contributed by atoms with E-state index in [2.05, 4.69) is 83.1 Å². The van der Waals surface area contributed by atoms with E-state index in [1.54, 1.807) is 0 Å². The first-order chi connectivity index (χ1) is 7.00. The van der Waals surface area contributed by atoms with Crippen molar-refractivity contribution >= 4 is 0 Å². The molecule has 0 amide bonds. The second-order valence-corrected chi connectivity index (χ2v) is 28.2. The zero-order valence-electron chi connectivity index (χ0n) is 14.9. The average molecular weight is 336 g/mol. The van der Waals surface area contributed by atoms with Gasteiger partial charge in [0, 0.05) is 0 Å². The summed E-state index contributed by atoms with van der Waals surface area (Å²) >= 11 is -2.55. The molecule has 0 aliphatic rings. The van der Waals surface area contributed by atoms with Crippen LogP contribution < -0.4 is 0 Å². The van der Waals surface area contributed by atoms with Crippen LogP contribution in [0.5, 0.6) is 0 Å². The molecule has 0 atom stereocenters. The molecule has 0 heterocycles. The van der Waals surface area contributed by atoms with Crippen molar-refractivity contribution in [2.24, 2.45) is 0 Å². The summed E-state index contributed by atoms with van der Waals surface area (Å²) in [5, 5.41) is 0. The van der Waals surface area contributed by atoms with Crippen molar-refractivity contribution < 1.29 is 25.7 Å². The van der Waals surface area contributed by atoms with Crippen molar-refractivity contribution in [3.05, 3.63) is 0 Å². The van der Waals surface area contributed by atoms with Gasteiger partial charge in [-0.25, -0.2) is 0 Å². The van der Waals surface area contributed by atoms with Crippen LogP contribution in [0.1, 0.15) is 83.1 Å². The Hall–Kier alpha value is 0.843. The van der Waals surface area contributed by atoms with Crippen molar-refractivity contribution in [1.82, 2.24) is 0 Å². The summed E-state index contributed by atoms with van der Waals surface area (Å²) in [7, 11) is 0. The molecule has 0 rings (SSSR count). The monoisotopic (exact) mass is 334 g/mol. The minimum Gasteiger partial charge on any atom is -2.00 e. The van der Waals surface area contributed by atoms with Crippen molar-refractivity contribution in [1.29, 1.82) is 0 Å². The Morgan fingerprint density at radius 1 is 0.389 bits per heavy atom. The van der Waals surface area contributed by atoms with Gasteiger partial charge in [-0.2, -0.15) is 0 Å². The van der Waals surface area contributed by atoms with Gasteiger partial charge < -0.3 is 5.48 Å². The zero-order valence-corrected chi connectivity index (χ0v) is 17.4. The maximum absolute atomic E-state index is 2.55. The van der Waals surface area contributed by atoms with Crippen LogP contribution >= 0.6 is 0 Å². The molecule has 1 nitrogen and oxygen atoms in total. The summed E-state index contributed by atoms with van der Waals surface area (Å²) in [6.07, 6.45) is 0. The van der Waals surface area contributed by atoms with E-state index in [-0.39, 0.29) is 5.48 Å². The van der Waals surface area contributed by atoms with Gasteiger partial charge in [0.25, 0.3) is 0 Å². The molecule has 0 aliphatic heterocycles. The van der Waals surface area contributed by atoms with Crippen LogP contribution in [0.4, 0.5) is 0 Å². The number of hydrogen-bond donors (Lipinski definition) is 0. The Labute approximate surface area is 121 Å². The second-order valence-electron chi connectivity index (χ2n) is 9.75. The molecule has 112 valence electrons. The Morgan fingerprint density at radius 3 is 0.500 bits per heavy atom. The van der Waals surface area contributed by atoms with Crippen molar-refractivity contribution in [3.8, 4) is 0 Å². The van der Waals surface area contributed by atoms with E-state index < -0.39 is 20.3 Å². The molecule has 0 aliphatic carbocycles. The first-order valence-electron chi connectivity index (χ1n) is 7.00. The summed E-state index contributed by atoms with van der Waals surface area (Å²) in [5.41, 5.74) is 0. The summed E-state index contributed by atoms with van der Waals surface area (Å²) in [6, 6.07) is 0. The van der Waals surface area contributed by atoms with Crippen molar-refractivity contribution in [2.45, 2.75) is 95.6 Å². The summed E-state index contributed by atoms with van der Waals surface area (Å²) in [4.78, 5) is 0. The fourth-order valence-electron chi connectivity index (χ4n) is 6.75. The molecule has 2 heteroatoms. The van der Waals surface area contributed by atoms with Crippen molar-refractivity contribution in [2.75, 3.05) is 0 Å². The van der Waals surface area contributed by atoms with Crippen molar-refractivity contribution in [3.63, 3.8) is 0 Å². The molecule has 0 N–H and O–H groups in total. The van der Waals surface area contributed by atoms with Crippen LogP contribution in [0.25, 0.3) is 0 Å². The first kappa shape index (κ1) is 21.1. The molecule has 0 radical (unpaired) electrons. The molecule has 0 spiro atoms. The molecule has 0 bridgehead atoms. The molecule has 0 aromatic heterocycles. The standard InChI is InChI=1S/4C4H9.O.Zr/c4*1-4(2)3;;/h4*1-3H3;;/q;;;;-2;. The number of hydrogen-bond acceptors (Lipinski definition) is 0. The van der Waals surface area contributed by atoms with Crippen LogP contribution in [-0.2, 0) is 25.7 Å². The SMILES string of the molecule is C[C](C)(C)[Zr]([C](C)(C)C)([C](C)(C)C)[C](C)(C)C.[O-2]. The quantitative estimate of drug-likeness (QED) is 0.461. The molecule has 0 aromatic rings. The van der Waals surface area contributed by atoms with E-state index in [9.17, 15) is 0 Å². The average Bonchev–Trinajstić information content (AvgIpc) is 1.67. The van der Waals surface area contributed by atoms with Gasteiger partial charge in [0.1, 0.15) is 0 Å². The fraction of sp³-hybridized carbons (Fsp3) is 1.00. The van der Waals surface area contributed by atoms with Gasteiger partial charge in [0.05, 0.1) is 0 Å². The Balaban J connectivity index is 0. The number of rotatable bonds is 0. The van der Waals surface area contributed by atoms with Gasteiger partial charge in [-0.05, 0) is 0 Å². The normalized spacial score (nSPS) is 15.3. The Bertz CT molecular complexity index is 204. The molecular weight excluding hydrogens is 299 g/mol. The van der Waals surface area contributed by atoms with E-state index in [4.69, 9.17) is 0 Å².